The lowest BCUT2D eigenvalue weighted by Gasteiger charge is -2.33. The lowest BCUT2D eigenvalue weighted by atomic mass is 10.1. The molecule has 0 aliphatic carbocycles. The molecule has 1 aliphatic rings. The van der Waals surface area contributed by atoms with Crippen LogP contribution in [0.4, 0.5) is 5.69 Å². The zero-order valence-electron chi connectivity index (χ0n) is 10.9. The number of rotatable bonds is 2. The normalized spacial score (nSPS) is 18.9. The van der Waals surface area contributed by atoms with Crippen LogP contribution in [0.5, 0.6) is 5.75 Å². The molecule has 3 amide bonds. The summed E-state index contributed by atoms with van der Waals surface area (Å²) >= 11 is 0. The van der Waals surface area contributed by atoms with Gasteiger partial charge in [-0.3, -0.25) is 19.7 Å². The second-order valence-corrected chi connectivity index (χ2v) is 4.54. The van der Waals surface area contributed by atoms with Crippen molar-refractivity contribution in [3.05, 3.63) is 23.8 Å². The molecule has 1 saturated heterocycles. The molecule has 0 saturated carbocycles. The van der Waals surface area contributed by atoms with Crippen molar-refractivity contribution in [1.29, 1.82) is 0 Å². The fraction of sp³-hybridized carbons (Fsp3) is 0.308. The number of nitrogens with two attached hydrogens (primary N) is 1. The second kappa shape index (κ2) is 5.20. The summed E-state index contributed by atoms with van der Waals surface area (Å²) in [4.78, 5) is 36.8. The van der Waals surface area contributed by atoms with Gasteiger partial charge in [0, 0.05) is 5.69 Å². The molecule has 7 nitrogen and oxygen atoms in total. The molecule has 2 rings (SSSR count). The van der Waals surface area contributed by atoms with Crippen LogP contribution in [0.15, 0.2) is 18.2 Å². The number of imide groups is 1. The molecule has 106 valence electrons. The van der Waals surface area contributed by atoms with E-state index in [9.17, 15) is 19.5 Å². The topological polar surface area (TPSA) is 113 Å². The number of piperazine rings is 1. The highest BCUT2D eigenvalue weighted by Gasteiger charge is 2.36. The maximum absolute atomic E-state index is 12.4. The fourth-order valence-corrected chi connectivity index (χ4v) is 2.17. The SMILES string of the molecule is CCC1C(=O)NC(=O)CN1C(=O)c1cc(O)ccc1N. The number of benzene rings is 1. The van der Waals surface area contributed by atoms with Crippen molar-refractivity contribution >= 4 is 23.4 Å². The van der Waals surface area contributed by atoms with E-state index < -0.39 is 23.8 Å². The third kappa shape index (κ3) is 2.42. The van der Waals surface area contributed by atoms with Gasteiger partial charge in [-0.05, 0) is 24.6 Å². The van der Waals surface area contributed by atoms with Gasteiger partial charge < -0.3 is 15.7 Å². The first-order chi connectivity index (χ1) is 9.43. The Morgan fingerprint density at radius 1 is 1.50 bits per heavy atom. The van der Waals surface area contributed by atoms with E-state index in [2.05, 4.69) is 5.32 Å². The standard InChI is InChI=1S/C13H15N3O4/c1-2-10-12(19)15-11(18)6-16(10)13(20)8-5-7(17)3-4-9(8)14/h3-5,10,17H,2,6,14H2,1H3,(H,15,18,19). The first-order valence-electron chi connectivity index (χ1n) is 6.17. The Kier molecular flexibility index (Phi) is 3.60. The summed E-state index contributed by atoms with van der Waals surface area (Å²) < 4.78 is 0. The molecule has 1 aromatic rings. The van der Waals surface area contributed by atoms with E-state index in [1.807, 2.05) is 0 Å². The average molecular weight is 277 g/mol. The Hall–Kier alpha value is -2.57. The second-order valence-electron chi connectivity index (χ2n) is 4.54. The molecule has 1 aliphatic heterocycles. The quantitative estimate of drug-likeness (QED) is 0.395. The van der Waals surface area contributed by atoms with Gasteiger partial charge in [0.25, 0.3) is 5.91 Å². The largest absolute Gasteiger partial charge is 0.508 e. The number of nitrogens with zero attached hydrogens (tertiary/aromatic N) is 1. The summed E-state index contributed by atoms with van der Waals surface area (Å²) in [7, 11) is 0. The summed E-state index contributed by atoms with van der Waals surface area (Å²) in [5.41, 5.74) is 5.97. The molecule has 0 bridgehead atoms. The fourth-order valence-electron chi connectivity index (χ4n) is 2.17. The Labute approximate surface area is 115 Å². The van der Waals surface area contributed by atoms with Gasteiger partial charge in [-0.1, -0.05) is 6.92 Å². The first kappa shape index (κ1) is 13.9. The summed E-state index contributed by atoms with van der Waals surface area (Å²) in [5.74, 6) is -1.69. The van der Waals surface area contributed by atoms with Crippen LogP contribution in [-0.2, 0) is 9.59 Å². The van der Waals surface area contributed by atoms with Crippen molar-refractivity contribution in [2.24, 2.45) is 0 Å². The highest BCUT2D eigenvalue weighted by Crippen LogP contribution is 2.22. The van der Waals surface area contributed by atoms with Crippen LogP contribution in [0.1, 0.15) is 23.7 Å². The third-order valence-corrected chi connectivity index (χ3v) is 3.17. The zero-order valence-corrected chi connectivity index (χ0v) is 10.9. The van der Waals surface area contributed by atoms with Crippen molar-refractivity contribution < 1.29 is 19.5 Å². The molecule has 0 spiro atoms. The molecular formula is C13H15N3O4. The van der Waals surface area contributed by atoms with Crippen molar-refractivity contribution in [2.45, 2.75) is 19.4 Å². The van der Waals surface area contributed by atoms with Gasteiger partial charge in [0.15, 0.2) is 0 Å². The molecule has 1 atom stereocenters. The van der Waals surface area contributed by atoms with Crippen molar-refractivity contribution in [3.63, 3.8) is 0 Å². The Morgan fingerprint density at radius 2 is 2.20 bits per heavy atom. The van der Waals surface area contributed by atoms with E-state index in [1.165, 1.54) is 23.1 Å². The number of nitrogens with one attached hydrogen (secondary N) is 1. The van der Waals surface area contributed by atoms with Crippen molar-refractivity contribution in [2.75, 3.05) is 12.3 Å². The maximum atomic E-state index is 12.4. The third-order valence-electron chi connectivity index (χ3n) is 3.17. The van der Waals surface area contributed by atoms with E-state index in [-0.39, 0.29) is 23.5 Å². The van der Waals surface area contributed by atoms with E-state index in [4.69, 9.17) is 5.73 Å². The highest BCUT2D eigenvalue weighted by atomic mass is 16.3. The van der Waals surface area contributed by atoms with Crippen molar-refractivity contribution in [1.82, 2.24) is 10.2 Å². The van der Waals surface area contributed by atoms with Gasteiger partial charge >= 0.3 is 0 Å². The number of nitrogen functional groups attached to an aromatic ring is 1. The maximum Gasteiger partial charge on any atom is 0.257 e. The number of anilines is 1. The Balaban J connectivity index is 2.37. The minimum absolute atomic E-state index is 0.0750. The van der Waals surface area contributed by atoms with Crippen LogP contribution >= 0.6 is 0 Å². The molecular weight excluding hydrogens is 262 g/mol. The number of amides is 3. The van der Waals surface area contributed by atoms with Gasteiger partial charge in [0.1, 0.15) is 18.3 Å². The monoisotopic (exact) mass is 277 g/mol. The minimum atomic E-state index is -0.720. The zero-order chi connectivity index (χ0) is 14.9. The van der Waals surface area contributed by atoms with Gasteiger partial charge in [0.2, 0.25) is 11.8 Å². The number of hydrogen-bond donors (Lipinski definition) is 3. The molecule has 1 aromatic carbocycles. The van der Waals surface area contributed by atoms with Crippen LogP contribution in [0.25, 0.3) is 0 Å². The van der Waals surface area contributed by atoms with Crippen LogP contribution in [-0.4, -0.2) is 40.3 Å². The van der Waals surface area contributed by atoms with Crippen LogP contribution < -0.4 is 11.1 Å². The number of phenolic OH excluding ortho intramolecular Hbond substituents is 1. The molecule has 1 fully saturated rings. The van der Waals surface area contributed by atoms with E-state index in [0.29, 0.717) is 6.42 Å². The summed E-state index contributed by atoms with van der Waals surface area (Å²) in [6, 6.07) is 3.26. The number of carbonyl (C=O) groups is 3. The van der Waals surface area contributed by atoms with Crippen molar-refractivity contribution in [3.8, 4) is 5.75 Å². The predicted octanol–water partition coefficient (Wildman–Crippen LogP) is -0.148. The predicted molar refractivity (Wildman–Crippen MR) is 70.8 cm³/mol. The van der Waals surface area contributed by atoms with Crippen LogP contribution in [0, 0.1) is 0 Å². The summed E-state index contributed by atoms with van der Waals surface area (Å²) in [6.45, 7) is 1.53. The van der Waals surface area contributed by atoms with Crippen LogP contribution in [0.2, 0.25) is 0 Å². The van der Waals surface area contributed by atoms with Gasteiger partial charge in [-0.25, -0.2) is 0 Å². The molecule has 1 heterocycles. The molecule has 0 aromatic heterocycles. The molecule has 7 heteroatoms. The lowest BCUT2D eigenvalue weighted by molar-refractivity contribution is -0.138. The number of aromatic hydroxyl groups is 1. The van der Waals surface area contributed by atoms with Crippen LogP contribution in [0.3, 0.4) is 0 Å². The van der Waals surface area contributed by atoms with E-state index in [1.54, 1.807) is 6.92 Å². The van der Waals surface area contributed by atoms with Gasteiger partial charge in [-0.15, -0.1) is 0 Å². The van der Waals surface area contributed by atoms with E-state index in [0.717, 1.165) is 0 Å². The molecule has 1 unspecified atom stereocenters. The lowest BCUT2D eigenvalue weighted by Crippen LogP contribution is -2.59. The van der Waals surface area contributed by atoms with E-state index >= 15 is 0 Å². The van der Waals surface area contributed by atoms with Gasteiger partial charge in [0.05, 0.1) is 5.56 Å². The molecule has 4 N–H and O–H groups in total. The minimum Gasteiger partial charge on any atom is -0.508 e. The summed E-state index contributed by atoms with van der Waals surface area (Å²) in [5, 5.41) is 11.6. The first-order valence-corrected chi connectivity index (χ1v) is 6.17. The number of carbonyl (C=O) groups excluding carboxylic acids is 3. The Bertz CT molecular complexity index is 585. The smallest absolute Gasteiger partial charge is 0.257 e. The summed E-state index contributed by atoms with van der Waals surface area (Å²) in [6.07, 6.45) is 0.379. The number of hydrogen-bond acceptors (Lipinski definition) is 5. The Morgan fingerprint density at radius 3 is 2.85 bits per heavy atom. The number of phenols is 1. The van der Waals surface area contributed by atoms with Gasteiger partial charge in [-0.2, -0.15) is 0 Å². The average Bonchev–Trinajstić information content (AvgIpc) is 2.40. The highest BCUT2D eigenvalue weighted by molar-refractivity contribution is 6.08. The molecule has 20 heavy (non-hydrogen) atoms. The molecule has 0 radical (unpaired) electrons.